The number of rotatable bonds is 14. The Bertz CT molecular complexity index is 589. The molecule has 30 heavy (non-hydrogen) atoms. The minimum absolute atomic E-state index is 0.0302. The van der Waals surface area contributed by atoms with Gasteiger partial charge in [-0.15, -0.1) is 0 Å². The summed E-state index contributed by atoms with van der Waals surface area (Å²) in [6, 6.07) is -3.73. The number of carboxylic acids is 1. The molecule has 3 amide bonds. The van der Waals surface area contributed by atoms with Crippen LogP contribution < -0.4 is 21.7 Å². The third kappa shape index (κ3) is 10.5. The number of hydrogen-bond donors (Lipinski definition) is 6. The van der Waals surface area contributed by atoms with Crippen LogP contribution >= 0.6 is 24.4 Å². The lowest BCUT2D eigenvalue weighted by atomic mass is 10.0. The fourth-order valence-electron chi connectivity index (χ4n) is 2.59. The summed E-state index contributed by atoms with van der Waals surface area (Å²) in [5.74, 6) is -2.28. The van der Waals surface area contributed by atoms with E-state index in [1.165, 1.54) is 0 Å². The van der Waals surface area contributed by atoms with Crippen LogP contribution in [-0.4, -0.2) is 70.7 Å². The molecule has 0 radical (unpaired) electrons. The van der Waals surface area contributed by atoms with Gasteiger partial charge in [0, 0.05) is 5.75 Å². The number of thioether (sulfide) groups is 1. The molecule has 174 valence electrons. The number of carbonyl (C=O) groups is 4. The third-order valence-corrected chi connectivity index (χ3v) is 5.36. The van der Waals surface area contributed by atoms with Crippen molar-refractivity contribution in [3.05, 3.63) is 0 Å². The molecule has 0 spiro atoms. The Kier molecular flexibility index (Phi) is 13.8. The number of nitrogens with one attached hydrogen (secondary N) is 3. The third-order valence-electron chi connectivity index (χ3n) is 4.35. The Morgan fingerprint density at radius 3 is 1.97 bits per heavy atom. The van der Waals surface area contributed by atoms with Gasteiger partial charge in [-0.1, -0.05) is 27.7 Å². The Morgan fingerprint density at radius 1 is 0.967 bits per heavy atom. The van der Waals surface area contributed by atoms with Gasteiger partial charge in [0.25, 0.3) is 0 Å². The summed E-state index contributed by atoms with van der Waals surface area (Å²) in [5.41, 5.74) is 5.86. The van der Waals surface area contributed by atoms with Crippen molar-refractivity contribution < 1.29 is 24.3 Å². The molecule has 0 bridgehead atoms. The average molecular weight is 465 g/mol. The van der Waals surface area contributed by atoms with Crippen molar-refractivity contribution in [3.8, 4) is 0 Å². The van der Waals surface area contributed by atoms with Gasteiger partial charge in [0.1, 0.15) is 18.1 Å². The highest BCUT2D eigenvalue weighted by Gasteiger charge is 2.31. The lowest BCUT2D eigenvalue weighted by Crippen LogP contribution is -2.59. The molecule has 0 aromatic carbocycles. The predicted molar refractivity (Wildman–Crippen MR) is 123 cm³/mol. The number of hydrogen-bond acceptors (Lipinski definition) is 7. The zero-order valence-electron chi connectivity index (χ0n) is 18.3. The number of nitrogens with two attached hydrogens (primary N) is 1. The number of carbonyl (C=O) groups excluding carboxylic acids is 3. The molecule has 0 aromatic rings. The number of amides is 3. The van der Waals surface area contributed by atoms with E-state index >= 15 is 0 Å². The fourth-order valence-corrected chi connectivity index (χ4v) is 3.34. The van der Waals surface area contributed by atoms with Crippen LogP contribution in [0.5, 0.6) is 0 Å². The largest absolute Gasteiger partial charge is 0.480 e. The Labute approximate surface area is 188 Å². The molecule has 9 nitrogen and oxygen atoms in total. The van der Waals surface area contributed by atoms with Crippen LogP contribution in [0, 0.1) is 11.8 Å². The van der Waals surface area contributed by atoms with E-state index < -0.39 is 47.9 Å². The molecule has 0 aliphatic carbocycles. The summed E-state index contributed by atoms with van der Waals surface area (Å²) in [4.78, 5) is 48.9. The second-order valence-corrected chi connectivity index (χ2v) is 9.24. The summed E-state index contributed by atoms with van der Waals surface area (Å²) >= 11 is 5.67. The molecule has 4 unspecified atom stereocenters. The summed E-state index contributed by atoms with van der Waals surface area (Å²) in [6.45, 7) is 7.22. The van der Waals surface area contributed by atoms with Gasteiger partial charge in [0.2, 0.25) is 17.7 Å². The van der Waals surface area contributed by atoms with Crippen LogP contribution in [0.15, 0.2) is 0 Å². The van der Waals surface area contributed by atoms with Gasteiger partial charge in [0.05, 0.1) is 6.04 Å². The minimum Gasteiger partial charge on any atom is -0.480 e. The first-order valence-corrected chi connectivity index (χ1v) is 12.0. The molecule has 0 heterocycles. The lowest BCUT2D eigenvalue weighted by molar-refractivity contribution is -0.142. The first kappa shape index (κ1) is 28.5. The van der Waals surface area contributed by atoms with E-state index in [4.69, 9.17) is 5.73 Å². The quantitative estimate of drug-likeness (QED) is 0.202. The van der Waals surface area contributed by atoms with Gasteiger partial charge in [-0.05, 0) is 36.7 Å². The first-order chi connectivity index (χ1) is 13.9. The first-order valence-electron chi connectivity index (χ1n) is 9.93. The molecule has 0 aromatic heterocycles. The van der Waals surface area contributed by atoms with Crippen molar-refractivity contribution in [1.82, 2.24) is 16.0 Å². The van der Waals surface area contributed by atoms with Crippen molar-refractivity contribution >= 4 is 48.1 Å². The van der Waals surface area contributed by atoms with Gasteiger partial charge in [-0.3, -0.25) is 14.4 Å². The zero-order chi connectivity index (χ0) is 23.4. The molecular formula is C19H36N4O5S2. The number of thiol groups is 1. The van der Waals surface area contributed by atoms with E-state index in [-0.39, 0.29) is 24.0 Å². The van der Waals surface area contributed by atoms with E-state index in [2.05, 4.69) is 28.6 Å². The van der Waals surface area contributed by atoms with E-state index in [9.17, 15) is 24.3 Å². The predicted octanol–water partition coefficient (Wildman–Crippen LogP) is 0.238. The van der Waals surface area contributed by atoms with Crippen LogP contribution in [0.3, 0.4) is 0 Å². The summed E-state index contributed by atoms with van der Waals surface area (Å²) in [6.07, 6.45) is 2.65. The molecule has 0 aliphatic rings. The molecule has 6 N–H and O–H groups in total. The van der Waals surface area contributed by atoms with E-state index in [0.717, 1.165) is 5.75 Å². The van der Waals surface area contributed by atoms with Crippen LogP contribution in [0.25, 0.3) is 0 Å². The van der Waals surface area contributed by atoms with Gasteiger partial charge >= 0.3 is 5.97 Å². The van der Waals surface area contributed by atoms with E-state index in [1.54, 1.807) is 25.6 Å². The van der Waals surface area contributed by atoms with Gasteiger partial charge in [-0.25, -0.2) is 4.79 Å². The zero-order valence-corrected chi connectivity index (χ0v) is 20.0. The molecule has 0 aliphatic heterocycles. The van der Waals surface area contributed by atoms with Gasteiger partial charge in [0.15, 0.2) is 0 Å². The molecule has 0 rings (SSSR count). The second-order valence-electron chi connectivity index (χ2n) is 7.89. The topological polar surface area (TPSA) is 151 Å². The highest BCUT2D eigenvalue weighted by atomic mass is 32.2. The van der Waals surface area contributed by atoms with Crippen molar-refractivity contribution in [2.45, 2.75) is 64.7 Å². The van der Waals surface area contributed by atoms with Crippen molar-refractivity contribution in [2.24, 2.45) is 17.6 Å². The van der Waals surface area contributed by atoms with Gasteiger partial charge < -0.3 is 26.8 Å². The van der Waals surface area contributed by atoms with Crippen molar-refractivity contribution in [2.75, 3.05) is 17.8 Å². The Morgan fingerprint density at radius 2 is 1.53 bits per heavy atom. The van der Waals surface area contributed by atoms with E-state index in [0.29, 0.717) is 6.42 Å². The Hall–Kier alpha value is -1.46. The van der Waals surface area contributed by atoms with Crippen LogP contribution in [-0.2, 0) is 19.2 Å². The summed E-state index contributed by atoms with van der Waals surface area (Å²) in [7, 11) is 0. The molecular weight excluding hydrogens is 428 g/mol. The van der Waals surface area contributed by atoms with Gasteiger partial charge in [-0.2, -0.15) is 24.4 Å². The maximum Gasteiger partial charge on any atom is 0.326 e. The highest BCUT2D eigenvalue weighted by Crippen LogP contribution is 2.07. The molecule has 0 saturated carbocycles. The second kappa shape index (κ2) is 14.5. The Balaban J connectivity index is 5.11. The molecule has 0 saturated heterocycles. The summed E-state index contributed by atoms with van der Waals surface area (Å²) < 4.78 is 0. The standard InChI is InChI=1S/C19H36N4O5S2/c1-10(2)8-13(19(27)28)21-17(25)14(9-29)22-18(26)15(11(3)4)23-16(24)12(20)6-7-30-5/h10-15,29H,6-9,20H2,1-5H3,(H,21,25)(H,22,26)(H,23,24)(H,27,28). The molecule has 4 atom stereocenters. The number of aliphatic carboxylic acids is 1. The average Bonchev–Trinajstić information content (AvgIpc) is 2.66. The van der Waals surface area contributed by atoms with Crippen LogP contribution in [0.2, 0.25) is 0 Å². The number of carboxylic acid groups (broad SMARTS) is 1. The maximum absolute atomic E-state index is 12.7. The van der Waals surface area contributed by atoms with E-state index in [1.807, 2.05) is 20.1 Å². The van der Waals surface area contributed by atoms with Crippen molar-refractivity contribution in [1.29, 1.82) is 0 Å². The maximum atomic E-state index is 12.7. The van der Waals surface area contributed by atoms with Crippen LogP contribution in [0.4, 0.5) is 0 Å². The summed E-state index contributed by atoms with van der Waals surface area (Å²) in [5, 5.41) is 16.9. The monoisotopic (exact) mass is 464 g/mol. The molecule has 0 fully saturated rings. The fraction of sp³-hybridized carbons (Fsp3) is 0.789. The molecule has 11 heteroatoms. The smallest absolute Gasteiger partial charge is 0.326 e. The lowest BCUT2D eigenvalue weighted by Gasteiger charge is -2.26. The minimum atomic E-state index is -1.15. The van der Waals surface area contributed by atoms with Crippen LogP contribution in [0.1, 0.15) is 40.5 Å². The SMILES string of the molecule is CSCCC(N)C(=O)NC(C(=O)NC(CS)C(=O)NC(CC(C)C)C(=O)O)C(C)C. The normalized spacial score (nSPS) is 15.2. The van der Waals surface area contributed by atoms with Crippen molar-refractivity contribution in [3.63, 3.8) is 0 Å². The highest BCUT2D eigenvalue weighted by molar-refractivity contribution is 7.98.